The molecule has 1 atom stereocenters. The van der Waals surface area contributed by atoms with Crippen LogP contribution in [-0.4, -0.2) is 10.2 Å². The van der Waals surface area contributed by atoms with Crippen molar-refractivity contribution in [3.63, 3.8) is 0 Å². The first-order valence-electron chi connectivity index (χ1n) is 5.69. The molecule has 2 aromatic rings. The zero-order valence-electron chi connectivity index (χ0n) is 10.5. The molecule has 1 unspecified atom stereocenters. The molecular formula is C15H17BrO2. The largest absolute Gasteiger partial charge is 0.508 e. The summed E-state index contributed by atoms with van der Waals surface area (Å²) in [7, 11) is 0. The monoisotopic (exact) mass is 308 g/mol. The van der Waals surface area contributed by atoms with E-state index in [0.717, 1.165) is 4.47 Å². The summed E-state index contributed by atoms with van der Waals surface area (Å²) in [5.41, 5.74) is 1.86. The minimum Gasteiger partial charge on any atom is -0.508 e. The Morgan fingerprint density at radius 3 is 2.06 bits per heavy atom. The summed E-state index contributed by atoms with van der Waals surface area (Å²) >= 11 is 3.24. The van der Waals surface area contributed by atoms with E-state index in [1.807, 2.05) is 18.2 Å². The van der Waals surface area contributed by atoms with Crippen molar-refractivity contribution in [1.82, 2.24) is 0 Å². The summed E-state index contributed by atoms with van der Waals surface area (Å²) in [5, 5.41) is 18.4. The van der Waals surface area contributed by atoms with E-state index in [2.05, 4.69) is 35.0 Å². The molecule has 0 aromatic heterocycles. The summed E-state index contributed by atoms with van der Waals surface area (Å²) in [5.74, 6) is 0.128. The normalized spacial score (nSPS) is 11.3. The molecule has 0 aliphatic heterocycles. The quantitative estimate of drug-likeness (QED) is 0.828. The number of aliphatic hydroxyl groups is 1. The number of aryl methyl sites for hydroxylation is 1. The predicted octanol–water partition coefficient (Wildman–Crippen LogP) is 4.20. The van der Waals surface area contributed by atoms with Crippen LogP contribution >= 0.6 is 15.9 Å². The molecule has 0 radical (unpaired) electrons. The van der Waals surface area contributed by atoms with Crippen LogP contribution in [0.4, 0.5) is 0 Å². The van der Waals surface area contributed by atoms with Gasteiger partial charge in [-0.3, -0.25) is 0 Å². The van der Waals surface area contributed by atoms with Crippen LogP contribution in [0.15, 0.2) is 53.0 Å². The van der Waals surface area contributed by atoms with Crippen molar-refractivity contribution in [1.29, 1.82) is 0 Å². The van der Waals surface area contributed by atoms with Crippen molar-refractivity contribution in [3.8, 4) is 5.75 Å². The molecule has 3 heteroatoms. The third-order valence-electron chi connectivity index (χ3n) is 2.38. The summed E-state index contributed by atoms with van der Waals surface area (Å²) in [6.07, 6.45) is -0.632. The van der Waals surface area contributed by atoms with Gasteiger partial charge in [0.05, 0.1) is 6.10 Å². The van der Waals surface area contributed by atoms with Gasteiger partial charge in [-0.25, -0.2) is 0 Å². The second kappa shape index (κ2) is 7.19. The fourth-order valence-electron chi connectivity index (χ4n) is 1.39. The van der Waals surface area contributed by atoms with E-state index in [0.29, 0.717) is 5.56 Å². The molecule has 2 aromatic carbocycles. The van der Waals surface area contributed by atoms with Gasteiger partial charge in [0.25, 0.3) is 0 Å². The molecule has 0 aliphatic carbocycles. The molecule has 0 aliphatic rings. The highest BCUT2D eigenvalue weighted by Gasteiger charge is 2.06. The van der Waals surface area contributed by atoms with Crippen molar-refractivity contribution < 1.29 is 10.2 Å². The number of rotatable bonds is 1. The van der Waals surface area contributed by atoms with Crippen molar-refractivity contribution in [2.75, 3.05) is 0 Å². The molecule has 0 saturated carbocycles. The van der Waals surface area contributed by atoms with Crippen LogP contribution in [0.1, 0.15) is 24.2 Å². The summed E-state index contributed by atoms with van der Waals surface area (Å²) < 4.78 is 0.853. The minimum atomic E-state index is -0.632. The van der Waals surface area contributed by atoms with E-state index in [1.165, 1.54) is 5.56 Å². The van der Waals surface area contributed by atoms with Gasteiger partial charge in [-0.05, 0) is 32.0 Å². The number of phenols is 1. The Bertz CT molecular complexity index is 481. The zero-order valence-corrected chi connectivity index (χ0v) is 12.1. The van der Waals surface area contributed by atoms with Crippen LogP contribution in [0.25, 0.3) is 0 Å². The fourth-order valence-corrected chi connectivity index (χ4v) is 1.77. The highest BCUT2D eigenvalue weighted by Crippen LogP contribution is 2.26. The van der Waals surface area contributed by atoms with Gasteiger partial charge in [-0.1, -0.05) is 51.8 Å². The Morgan fingerprint density at radius 1 is 1.06 bits per heavy atom. The van der Waals surface area contributed by atoms with E-state index in [1.54, 1.807) is 25.1 Å². The number of hydrogen-bond donors (Lipinski definition) is 2. The van der Waals surface area contributed by atoms with E-state index >= 15 is 0 Å². The lowest BCUT2D eigenvalue weighted by Crippen LogP contribution is -1.90. The van der Waals surface area contributed by atoms with Crippen LogP contribution in [-0.2, 0) is 0 Å². The Balaban J connectivity index is 0.000000199. The summed E-state index contributed by atoms with van der Waals surface area (Å²) in [6, 6.07) is 15.2. The number of aliphatic hydroxyl groups excluding tert-OH is 1. The predicted molar refractivity (Wildman–Crippen MR) is 77.6 cm³/mol. The lowest BCUT2D eigenvalue weighted by atomic mass is 10.1. The molecule has 0 fully saturated rings. The van der Waals surface area contributed by atoms with Crippen molar-refractivity contribution in [2.24, 2.45) is 0 Å². The molecule has 2 rings (SSSR count). The third kappa shape index (κ3) is 4.90. The fraction of sp³-hybridized carbons (Fsp3) is 0.200. The molecule has 0 heterocycles. The molecule has 0 bridgehead atoms. The molecular weight excluding hydrogens is 292 g/mol. The molecule has 2 nitrogen and oxygen atoms in total. The Kier molecular flexibility index (Phi) is 5.89. The first-order chi connectivity index (χ1) is 8.50. The van der Waals surface area contributed by atoms with Crippen molar-refractivity contribution in [3.05, 3.63) is 64.1 Å². The molecule has 2 N–H and O–H groups in total. The van der Waals surface area contributed by atoms with E-state index < -0.39 is 6.10 Å². The highest BCUT2D eigenvalue weighted by molar-refractivity contribution is 9.10. The SMILES string of the molecule is CC(O)c1cc(Br)ccc1O.Cc1ccccc1. The van der Waals surface area contributed by atoms with Gasteiger partial charge < -0.3 is 10.2 Å². The molecule has 0 spiro atoms. The maximum atomic E-state index is 9.22. The summed E-state index contributed by atoms with van der Waals surface area (Å²) in [6.45, 7) is 3.70. The molecule has 96 valence electrons. The van der Waals surface area contributed by atoms with Crippen LogP contribution in [0, 0.1) is 6.92 Å². The second-order valence-corrected chi connectivity index (χ2v) is 4.95. The van der Waals surface area contributed by atoms with Gasteiger partial charge in [0, 0.05) is 10.0 Å². The zero-order chi connectivity index (χ0) is 13.5. The van der Waals surface area contributed by atoms with Crippen LogP contribution in [0.3, 0.4) is 0 Å². The molecule has 18 heavy (non-hydrogen) atoms. The number of phenolic OH excluding ortho intramolecular Hbond substituents is 1. The maximum absolute atomic E-state index is 9.22. The third-order valence-corrected chi connectivity index (χ3v) is 2.87. The van der Waals surface area contributed by atoms with Crippen LogP contribution in [0.5, 0.6) is 5.75 Å². The minimum absolute atomic E-state index is 0.128. The molecule has 0 amide bonds. The Morgan fingerprint density at radius 2 is 1.67 bits per heavy atom. The van der Waals surface area contributed by atoms with Crippen LogP contribution < -0.4 is 0 Å². The average Bonchev–Trinajstić information content (AvgIpc) is 2.34. The lowest BCUT2D eigenvalue weighted by Gasteiger charge is -2.06. The highest BCUT2D eigenvalue weighted by atomic mass is 79.9. The van der Waals surface area contributed by atoms with Gasteiger partial charge in [0.2, 0.25) is 0 Å². The van der Waals surface area contributed by atoms with Gasteiger partial charge in [-0.2, -0.15) is 0 Å². The standard InChI is InChI=1S/C8H9BrO2.C7H8/c1-5(10)7-4-6(9)2-3-8(7)11;1-7-5-3-2-4-6-7/h2-5,10-11H,1H3;2-6H,1H3. The van der Waals surface area contributed by atoms with Crippen molar-refractivity contribution >= 4 is 15.9 Å². The summed E-state index contributed by atoms with van der Waals surface area (Å²) in [4.78, 5) is 0. The van der Waals surface area contributed by atoms with Crippen molar-refractivity contribution in [2.45, 2.75) is 20.0 Å². The number of hydrogen-bond acceptors (Lipinski definition) is 2. The Labute approximate surface area is 116 Å². The van der Waals surface area contributed by atoms with E-state index in [-0.39, 0.29) is 5.75 Å². The average molecular weight is 309 g/mol. The van der Waals surface area contributed by atoms with E-state index in [9.17, 15) is 5.11 Å². The topological polar surface area (TPSA) is 40.5 Å². The number of benzene rings is 2. The van der Waals surface area contributed by atoms with Gasteiger partial charge in [0.15, 0.2) is 0 Å². The Hall–Kier alpha value is -1.32. The second-order valence-electron chi connectivity index (χ2n) is 4.03. The van der Waals surface area contributed by atoms with E-state index in [4.69, 9.17) is 5.11 Å². The first kappa shape index (κ1) is 14.7. The van der Waals surface area contributed by atoms with Gasteiger partial charge in [0.1, 0.15) is 5.75 Å². The smallest absolute Gasteiger partial charge is 0.121 e. The van der Waals surface area contributed by atoms with Gasteiger partial charge >= 0.3 is 0 Å². The lowest BCUT2D eigenvalue weighted by molar-refractivity contribution is 0.195. The first-order valence-corrected chi connectivity index (χ1v) is 6.48. The van der Waals surface area contributed by atoms with Crippen LogP contribution in [0.2, 0.25) is 0 Å². The number of halogens is 1. The molecule has 0 saturated heterocycles. The number of aromatic hydroxyl groups is 1. The maximum Gasteiger partial charge on any atom is 0.121 e. The van der Waals surface area contributed by atoms with Gasteiger partial charge in [-0.15, -0.1) is 0 Å².